The van der Waals surface area contributed by atoms with Gasteiger partial charge in [0.1, 0.15) is 23.2 Å². The van der Waals surface area contributed by atoms with Gasteiger partial charge in [0, 0.05) is 36.8 Å². The molecular formula is C22H19N7O3S. The van der Waals surface area contributed by atoms with Crippen LogP contribution in [0.2, 0.25) is 0 Å². The third-order valence-corrected chi connectivity index (χ3v) is 7.16. The highest BCUT2D eigenvalue weighted by atomic mass is 32.2. The Bertz CT molecular complexity index is 1560. The molecule has 166 valence electrons. The maximum atomic E-state index is 12.8. The lowest BCUT2D eigenvalue weighted by molar-refractivity contribution is 0.0822. The third-order valence-electron chi connectivity index (χ3n) is 5.63. The first-order valence-corrected chi connectivity index (χ1v) is 11.6. The number of nitriles is 1. The molecular weight excluding hydrogens is 442 g/mol. The lowest BCUT2D eigenvalue weighted by Crippen LogP contribution is -2.35. The first kappa shape index (κ1) is 21.0. The Hall–Kier alpha value is -3.88. The van der Waals surface area contributed by atoms with E-state index in [1.54, 1.807) is 38.5 Å². The minimum absolute atomic E-state index is 0.0609. The number of amides is 1. The van der Waals surface area contributed by atoms with Gasteiger partial charge in [-0.05, 0) is 37.1 Å². The van der Waals surface area contributed by atoms with Crippen LogP contribution in [0.4, 0.5) is 0 Å². The van der Waals surface area contributed by atoms with E-state index < -0.39 is 15.6 Å². The van der Waals surface area contributed by atoms with Gasteiger partial charge < -0.3 is 9.88 Å². The fourth-order valence-electron chi connectivity index (χ4n) is 3.66. The molecule has 1 aliphatic carbocycles. The topological polar surface area (TPSA) is 145 Å². The number of carbonyl (C=O) groups excluding carboxylic acids is 1. The number of hydrogen-bond donors (Lipinski definition) is 2. The van der Waals surface area contributed by atoms with E-state index >= 15 is 0 Å². The van der Waals surface area contributed by atoms with E-state index in [0.29, 0.717) is 46.3 Å². The summed E-state index contributed by atoms with van der Waals surface area (Å²) in [5.74, 6) is -0.201. The molecule has 0 bridgehead atoms. The highest BCUT2D eigenvalue weighted by Gasteiger charge is 2.46. The number of hydrogen-bond acceptors (Lipinski definition) is 7. The average Bonchev–Trinajstić information content (AvgIpc) is 3.47. The van der Waals surface area contributed by atoms with E-state index in [4.69, 9.17) is 0 Å². The first-order valence-electron chi connectivity index (χ1n) is 10.1. The summed E-state index contributed by atoms with van der Waals surface area (Å²) in [5.41, 5.74) is 1.74. The van der Waals surface area contributed by atoms with Gasteiger partial charge in [0.25, 0.3) is 5.91 Å². The van der Waals surface area contributed by atoms with E-state index in [2.05, 4.69) is 24.7 Å². The van der Waals surface area contributed by atoms with Crippen molar-refractivity contribution in [3.8, 4) is 17.3 Å². The van der Waals surface area contributed by atoms with E-state index in [0.717, 1.165) is 5.39 Å². The molecule has 3 aromatic heterocycles. The number of aromatic nitrogens is 4. The van der Waals surface area contributed by atoms with E-state index in [1.807, 2.05) is 6.07 Å². The van der Waals surface area contributed by atoms with Crippen molar-refractivity contribution in [3.63, 3.8) is 0 Å². The highest BCUT2D eigenvalue weighted by Crippen LogP contribution is 2.37. The smallest absolute Gasteiger partial charge is 0.271 e. The summed E-state index contributed by atoms with van der Waals surface area (Å²) in [4.78, 5) is 29.8. The summed E-state index contributed by atoms with van der Waals surface area (Å²) >= 11 is 0. The predicted molar refractivity (Wildman–Crippen MR) is 121 cm³/mol. The van der Waals surface area contributed by atoms with Gasteiger partial charge in [0.2, 0.25) is 10.0 Å². The number of fused-ring (bicyclic) bond motifs is 3. The Morgan fingerprint density at radius 2 is 1.97 bits per heavy atom. The summed E-state index contributed by atoms with van der Waals surface area (Å²) < 4.78 is 28.1. The quantitative estimate of drug-likeness (QED) is 0.463. The number of rotatable bonds is 5. The fraction of sp³-hybridized carbons (Fsp3) is 0.227. The van der Waals surface area contributed by atoms with Gasteiger partial charge >= 0.3 is 0 Å². The molecule has 0 saturated heterocycles. The molecule has 0 radical (unpaired) electrons. The van der Waals surface area contributed by atoms with E-state index in [9.17, 15) is 18.5 Å². The van der Waals surface area contributed by atoms with Crippen molar-refractivity contribution in [2.45, 2.75) is 23.3 Å². The normalized spacial score (nSPS) is 14.8. The highest BCUT2D eigenvalue weighted by molar-refractivity contribution is 7.89. The third kappa shape index (κ3) is 3.59. The van der Waals surface area contributed by atoms with Crippen LogP contribution in [0.5, 0.6) is 0 Å². The minimum atomic E-state index is -3.85. The summed E-state index contributed by atoms with van der Waals surface area (Å²) in [6.45, 7) is 0. The standard InChI is InChI=1S/C22H19N7O3S/c1-29(2)21(30)16-6-3-13(10-24-16)19-18-15-5-4-14(9-17(15)27-20(18)26-12-25-19)33(31,32)28-22(11-23)7-8-22/h3-6,9-10,12,28H,7-8H2,1-2H3,(H,25,26,27). The molecule has 4 aromatic rings. The number of nitrogens with zero attached hydrogens (tertiary/aromatic N) is 5. The number of nitrogens with one attached hydrogen (secondary N) is 2. The number of sulfonamides is 1. The van der Waals surface area contributed by atoms with Crippen LogP contribution >= 0.6 is 0 Å². The molecule has 33 heavy (non-hydrogen) atoms. The fourth-order valence-corrected chi connectivity index (χ4v) is 5.06. The van der Waals surface area contributed by atoms with Gasteiger partial charge in [-0.3, -0.25) is 9.78 Å². The predicted octanol–water partition coefficient (Wildman–Crippen LogP) is 2.21. The summed E-state index contributed by atoms with van der Waals surface area (Å²) in [7, 11) is -0.535. The molecule has 10 nitrogen and oxygen atoms in total. The lowest BCUT2D eigenvalue weighted by Gasteiger charge is -2.10. The SMILES string of the molecule is CN(C)C(=O)c1ccc(-c2ncnc3[nH]c4cc(S(=O)(=O)NC5(C#N)CC5)ccc4c23)cn1. The molecule has 5 rings (SSSR count). The van der Waals surface area contributed by atoms with Gasteiger partial charge in [0.05, 0.1) is 22.0 Å². The number of aromatic amines is 1. The van der Waals surface area contributed by atoms with Crippen molar-refractivity contribution in [3.05, 3.63) is 48.5 Å². The molecule has 1 amide bonds. The van der Waals surface area contributed by atoms with Crippen LogP contribution in [0.25, 0.3) is 33.2 Å². The average molecular weight is 462 g/mol. The van der Waals surface area contributed by atoms with Crippen molar-refractivity contribution in [1.29, 1.82) is 5.26 Å². The van der Waals surface area contributed by atoms with Crippen molar-refractivity contribution in [2.75, 3.05) is 14.1 Å². The van der Waals surface area contributed by atoms with Crippen molar-refractivity contribution >= 4 is 37.9 Å². The molecule has 0 unspecified atom stereocenters. The molecule has 2 N–H and O–H groups in total. The van der Waals surface area contributed by atoms with Crippen LogP contribution in [-0.2, 0) is 10.0 Å². The lowest BCUT2D eigenvalue weighted by atomic mass is 10.1. The Morgan fingerprint density at radius 1 is 1.18 bits per heavy atom. The molecule has 1 aromatic carbocycles. The minimum Gasteiger partial charge on any atom is -0.343 e. The van der Waals surface area contributed by atoms with Gasteiger partial charge in [-0.2, -0.15) is 9.98 Å². The molecule has 1 saturated carbocycles. The van der Waals surface area contributed by atoms with Gasteiger partial charge in [-0.25, -0.2) is 18.4 Å². The van der Waals surface area contributed by atoms with Crippen LogP contribution < -0.4 is 4.72 Å². The molecule has 0 spiro atoms. The Balaban J connectivity index is 1.58. The Kier molecular flexibility index (Phi) is 4.66. The molecule has 0 aliphatic heterocycles. The molecule has 0 atom stereocenters. The summed E-state index contributed by atoms with van der Waals surface area (Å²) in [5, 5.41) is 10.7. The second-order valence-corrected chi connectivity index (χ2v) is 9.89. The van der Waals surface area contributed by atoms with Crippen molar-refractivity contribution in [2.24, 2.45) is 0 Å². The first-order chi connectivity index (χ1) is 15.7. The summed E-state index contributed by atoms with van der Waals surface area (Å²) in [6, 6.07) is 10.2. The van der Waals surface area contributed by atoms with Crippen molar-refractivity contribution in [1.82, 2.24) is 29.6 Å². The molecule has 11 heteroatoms. The number of H-pyrrole nitrogens is 1. The van der Waals surface area contributed by atoms with E-state index in [1.165, 1.54) is 23.4 Å². The summed E-state index contributed by atoms with van der Waals surface area (Å²) in [6.07, 6.45) is 4.00. The number of benzene rings is 1. The van der Waals surface area contributed by atoms with Gasteiger partial charge in [0.15, 0.2) is 0 Å². The molecule has 3 heterocycles. The Morgan fingerprint density at radius 3 is 2.61 bits per heavy atom. The maximum absolute atomic E-state index is 12.8. The zero-order chi connectivity index (χ0) is 23.4. The molecule has 1 aliphatic rings. The van der Waals surface area contributed by atoms with Crippen LogP contribution in [-0.4, -0.2) is 58.8 Å². The van der Waals surface area contributed by atoms with Gasteiger partial charge in [-0.15, -0.1) is 0 Å². The largest absolute Gasteiger partial charge is 0.343 e. The zero-order valence-corrected chi connectivity index (χ0v) is 18.6. The Labute approximate surface area is 189 Å². The van der Waals surface area contributed by atoms with Gasteiger partial charge in [-0.1, -0.05) is 6.07 Å². The van der Waals surface area contributed by atoms with Crippen LogP contribution in [0.3, 0.4) is 0 Å². The number of pyridine rings is 1. The zero-order valence-electron chi connectivity index (χ0n) is 17.8. The number of carbonyl (C=O) groups is 1. The van der Waals surface area contributed by atoms with Crippen LogP contribution in [0.15, 0.2) is 47.8 Å². The molecule has 1 fully saturated rings. The van der Waals surface area contributed by atoms with Crippen molar-refractivity contribution < 1.29 is 13.2 Å². The van der Waals surface area contributed by atoms with E-state index in [-0.39, 0.29) is 10.8 Å². The van der Waals surface area contributed by atoms with Crippen LogP contribution in [0.1, 0.15) is 23.3 Å². The maximum Gasteiger partial charge on any atom is 0.271 e. The monoisotopic (exact) mass is 461 g/mol. The van der Waals surface area contributed by atoms with Crippen LogP contribution in [0, 0.1) is 11.3 Å². The second-order valence-electron chi connectivity index (χ2n) is 8.21. The second kappa shape index (κ2) is 7.33.